The minimum Gasteiger partial charge on any atom is -0.298 e. The number of carbonyl (C=O) groups excluding carboxylic acids is 1. The van der Waals surface area contributed by atoms with Crippen LogP contribution < -0.4 is 0 Å². The second-order valence-electron chi connectivity index (χ2n) is 7.51. The number of nitrogens with zero attached hydrogens (tertiary/aromatic N) is 1. The van der Waals surface area contributed by atoms with Crippen LogP contribution in [0.1, 0.15) is 58.8 Å². The molecule has 0 spiro atoms. The highest BCUT2D eigenvalue weighted by Gasteiger charge is 2.59. The number of hydrogen-bond acceptors (Lipinski definition) is 2. The van der Waals surface area contributed by atoms with Crippen molar-refractivity contribution < 1.29 is 4.79 Å². The Labute approximate surface area is 110 Å². The van der Waals surface area contributed by atoms with E-state index in [2.05, 4.69) is 13.0 Å². The van der Waals surface area contributed by atoms with Gasteiger partial charge in [-0.1, -0.05) is 13.8 Å². The highest BCUT2D eigenvalue weighted by atomic mass is 16.1. The summed E-state index contributed by atoms with van der Waals surface area (Å²) in [6.07, 6.45) is 7.89. The number of ketones is 1. The molecule has 0 radical (unpaired) electrons. The average molecular weight is 245 g/mol. The first kappa shape index (κ1) is 12.2. The number of nitriles is 1. The molecular formula is C16H23NO. The van der Waals surface area contributed by atoms with Crippen molar-refractivity contribution in [2.45, 2.75) is 58.8 Å². The average Bonchev–Trinajstić information content (AvgIpc) is 2.27. The summed E-state index contributed by atoms with van der Waals surface area (Å²) in [5.74, 6) is 1.45. The van der Waals surface area contributed by atoms with Crippen molar-refractivity contribution in [2.75, 3.05) is 0 Å². The Hall–Kier alpha value is -0.840. The van der Waals surface area contributed by atoms with Crippen LogP contribution in [0.3, 0.4) is 0 Å². The Balaban J connectivity index is 1.92. The summed E-state index contributed by atoms with van der Waals surface area (Å²) in [4.78, 5) is 12.8. The fourth-order valence-electron chi connectivity index (χ4n) is 5.71. The first-order valence-corrected chi connectivity index (χ1v) is 7.44. The Kier molecular flexibility index (Phi) is 2.59. The van der Waals surface area contributed by atoms with Gasteiger partial charge in [-0.2, -0.15) is 5.26 Å². The molecule has 0 aromatic heterocycles. The molecule has 0 saturated heterocycles. The molecule has 0 heterocycles. The molecule has 4 aliphatic carbocycles. The van der Waals surface area contributed by atoms with Crippen LogP contribution in [0.4, 0.5) is 0 Å². The van der Waals surface area contributed by atoms with Crippen LogP contribution in [0.15, 0.2) is 0 Å². The SMILES string of the molecule is CCC(C#N)C(=O)C12CC3CC(CC(C)(C3)C1)C2. The van der Waals surface area contributed by atoms with E-state index in [9.17, 15) is 10.1 Å². The molecule has 3 atom stereocenters. The normalized spacial score (nSPS) is 46.7. The van der Waals surface area contributed by atoms with E-state index in [1.165, 1.54) is 19.3 Å². The third-order valence-electron chi connectivity index (χ3n) is 5.76. The quantitative estimate of drug-likeness (QED) is 0.760. The van der Waals surface area contributed by atoms with Crippen LogP contribution in [-0.2, 0) is 4.79 Å². The van der Waals surface area contributed by atoms with Crippen molar-refractivity contribution >= 4 is 5.78 Å². The smallest absolute Gasteiger partial charge is 0.156 e. The second kappa shape index (κ2) is 3.83. The second-order valence-corrected chi connectivity index (χ2v) is 7.51. The van der Waals surface area contributed by atoms with Crippen molar-refractivity contribution in [1.29, 1.82) is 5.26 Å². The Bertz CT molecular complexity index is 405. The summed E-state index contributed by atoms with van der Waals surface area (Å²) < 4.78 is 0. The summed E-state index contributed by atoms with van der Waals surface area (Å²) in [7, 11) is 0. The minimum atomic E-state index is -0.357. The van der Waals surface area contributed by atoms with E-state index in [1.807, 2.05) is 6.92 Å². The van der Waals surface area contributed by atoms with Gasteiger partial charge in [0.2, 0.25) is 0 Å². The summed E-state index contributed by atoms with van der Waals surface area (Å²) in [6, 6.07) is 2.24. The number of rotatable bonds is 3. The van der Waals surface area contributed by atoms with Gasteiger partial charge in [-0.05, 0) is 62.2 Å². The van der Waals surface area contributed by atoms with Gasteiger partial charge in [0.25, 0.3) is 0 Å². The van der Waals surface area contributed by atoms with Crippen molar-refractivity contribution in [3.05, 3.63) is 0 Å². The third-order valence-corrected chi connectivity index (χ3v) is 5.76. The number of carbonyl (C=O) groups is 1. The first-order chi connectivity index (χ1) is 8.50. The van der Waals surface area contributed by atoms with Crippen LogP contribution in [-0.4, -0.2) is 5.78 Å². The molecule has 4 rings (SSSR count). The van der Waals surface area contributed by atoms with Gasteiger partial charge in [0.05, 0.1) is 6.07 Å². The Morgan fingerprint density at radius 3 is 2.39 bits per heavy atom. The first-order valence-electron chi connectivity index (χ1n) is 7.44. The van der Waals surface area contributed by atoms with Gasteiger partial charge in [-0.15, -0.1) is 0 Å². The maximum Gasteiger partial charge on any atom is 0.156 e. The molecule has 0 aromatic carbocycles. The van der Waals surface area contributed by atoms with E-state index in [0.717, 1.165) is 31.1 Å². The highest BCUT2D eigenvalue weighted by molar-refractivity contribution is 5.89. The van der Waals surface area contributed by atoms with E-state index in [0.29, 0.717) is 11.8 Å². The predicted octanol–water partition coefficient (Wildman–Crippen LogP) is 3.71. The van der Waals surface area contributed by atoms with Gasteiger partial charge < -0.3 is 0 Å². The van der Waals surface area contributed by atoms with Crippen molar-refractivity contribution in [3.8, 4) is 6.07 Å². The van der Waals surface area contributed by atoms with Gasteiger partial charge in [0.15, 0.2) is 5.78 Å². The van der Waals surface area contributed by atoms with Gasteiger partial charge in [-0.25, -0.2) is 0 Å². The van der Waals surface area contributed by atoms with E-state index in [4.69, 9.17) is 0 Å². The molecule has 0 aromatic rings. The summed E-state index contributed by atoms with van der Waals surface area (Å²) >= 11 is 0. The zero-order valence-corrected chi connectivity index (χ0v) is 11.5. The van der Waals surface area contributed by atoms with Gasteiger partial charge in [0.1, 0.15) is 5.92 Å². The molecule has 2 nitrogen and oxygen atoms in total. The summed E-state index contributed by atoms with van der Waals surface area (Å²) in [5.41, 5.74) is 0.280. The summed E-state index contributed by atoms with van der Waals surface area (Å²) in [6.45, 7) is 4.34. The van der Waals surface area contributed by atoms with Crippen LogP contribution >= 0.6 is 0 Å². The van der Waals surface area contributed by atoms with E-state index < -0.39 is 0 Å². The topological polar surface area (TPSA) is 40.9 Å². The van der Waals surface area contributed by atoms with Crippen LogP contribution in [0.25, 0.3) is 0 Å². The van der Waals surface area contributed by atoms with E-state index in [-0.39, 0.29) is 17.1 Å². The van der Waals surface area contributed by atoms with Gasteiger partial charge >= 0.3 is 0 Å². The highest BCUT2D eigenvalue weighted by Crippen LogP contribution is 2.65. The van der Waals surface area contributed by atoms with Crippen molar-refractivity contribution in [1.82, 2.24) is 0 Å². The number of Topliss-reactive ketones (excluding diaryl/α,β-unsaturated/α-hetero) is 1. The lowest BCUT2D eigenvalue weighted by atomic mass is 9.43. The predicted molar refractivity (Wildman–Crippen MR) is 69.6 cm³/mol. The third kappa shape index (κ3) is 1.63. The van der Waals surface area contributed by atoms with Crippen LogP contribution in [0, 0.1) is 39.9 Å². The Morgan fingerprint density at radius 1 is 1.33 bits per heavy atom. The fourth-order valence-corrected chi connectivity index (χ4v) is 5.71. The Morgan fingerprint density at radius 2 is 1.94 bits per heavy atom. The molecule has 0 amide bonds. The zero-order valence-electron chi connectivity index (χ0n) is 11.5. The lowest BCUT2D eigenvalue weighted by Crippen LogP contribution is -2.55. The molecule has 4 saturated carbocycles. The minimum absolute atomic E-state index is 0.116. The van der Waals surface area contributed by atoms with Crippen molar-refractivity contribution in [3.63, 3.8) is 0 Å². The van der Waals surface area contributed by atoms with E-state index in [1.54, 1.807) is 0 Å². The van der Waals surface area contributed by atoms with E-state index >= 15 is 0 Å². The molecule has 4 fully saturated rings. The monoisotopic (exact) mass is 245 g/mol. The molecule has 3 unspecified atom stereocenters. The molecular weight excluding hydrogens is 222 g/mol. The molecule has 4 bridgehead atoms. The molecule has 4 aliphatic rings. The van der Waals surface area contributed by atoms with Gasteiger partial charge in [-0.3, -0.25) is 4.79 Å². The van der Waals surface area contributed by atoms with Crippen LogP contribution in [0.5, 0.6) is 0 Å². The fraction of sp³-hybridized carbons (Fsp3) is 0.875. The summed E-state index contributed by atoms with van der Waals surface area (Å²) in [5, 5.41) is 9.19. The molecule has 18 heavy (non-hydrogen) atoms. The standard InChI is InChI=1S/C16H23NO/c1-3-13(9-17)14(18)16-7-11-4-12(8-16)6-15(2,5-11)10-16/h11-13H,3-8,10H2,1-2H3. The maximum absolute atomic E-state index is 12.8. The maximum atomic E-state index is 12.8. The van der Waals surface area contributed by atoms with Crippen LogP contribution in [0.2, 0.25) is 0 Å². The molecule has 0 aliphatic heterocycles. The van der Waals surface area contributed by atoms with Gasteiger partial charge in [0, 0.05) is 5.41 Å². The largest absolute Gasteiger partial charge is 0.298 e. The lowest BCUT2D eigenvalue weighted by molar-refractivity contribution is -0.155. The molecule has 2 heteroatoms. The van der Waals surface area contributed by atoms with Crippen molar-refractivity contribution in [2.24, 2.45) is 28.6 Å². The molecule has 98 valence electrons. The molecule has 0 N–H and O–H groups in total. The lowest BCUT2D eigenvalue weighted by Gasteiger charge is -2.60. The number of hydrogen-bond donors (Lipinski definition) is 0. The zero-order chi connectivity index (χ0) is 13.0.